The van der Waals surface area contributed by atoms with E-state index in [0.29, 0.717) is 30.5 Å². The van der Waals surface area contributed by atoms with Gasteiger partial charge in [0.05, 0.1) is 24.5 Å². The number of aromatic carboxylic acids is 1. The largest absolute Gasteiger partial charge is 0.493 e. The van der Waals surface area contributed by atoms with Gasteiger partial charge in [-0.1, -0.05) is 0 Å². The highest BCUT2D eigenvalue weighted by atomic mass is 32.2. The number of methoxy groups -OCH3 is 1. The summed E-state index contributed by atoms with van der Waals surface area (Å²) < 4.78 is 21.6. The predicted molar refractivity (Wildman–Crippen MR) is 68.6 cm³/mol. The molecule has 0 saturated heterocycles. The zero-order chi connectivity index (χ0) is 13.4. The molecule has 1 N–H and O–H groups in total. The van der Waals surface area contributed by atoms with Crippen LogP contribution in [0.3, 0.4) is 0 Å². The monoisotopic (exact) mass is 272 g/mol. The maximum absolute atomic E-state index is 11.4. The van der Waals surface area contributed by atoms with Gasteiger partial charge in [-0.25, -0.2) is 4.79 Å². The standard InChI is InChI=1S/C12H16O5S/c1-16-6-8-18(15)9-7-17-11-4-2-10(3-5-11)12(13)14/h2-5H,6-9H2,1H3,(H,13,14). The Bertz CT molecular complexity index is 401. The number of carbonyl (C=O) groups is 1. The molecule has 0 saturated carbocycles. The maximum Gasteiger partial charge on any atom is 0.335 e. The van der Waals surface area contributed by atoms with Gasteiger partial charge in [-0.05, 0) is 24.3 Å². The van der Waals surface area contributed by atoms with Crippen LogP contribution in [0.2, 0.25) is 0 Å². The van der Waals surface area contributed by atoms with Crippen molar-refractivity contribution in [2.75, 3.05) is 31.8 Å². The van der Waals surface area contributed by atoms with Gasteiger partial charge in [-0.15, -0.1) is 0 Å². The van der Waals surface area contributed by atoms with Crippen molar-refractivity contribution in [3.63, 3.8) is 0 Å². The first-order valence-corrected chi connectivity index (χ1v) is 6.92. The van der Waals surface area contributed by atoms with Gasteiger partial charge < -0.3 is 14.6 Å². The number of rotatable bonds is 8. The average molecular weight is 272 g/mol. The molecule has 0 spiro atoms. The zero-order valence-electron chi connectivity index (χ0n) is 10.1. The molecular weight excluding hydrogens is 256 g/mol. The van der Waals surface area contributed by atoms with Crippen LogP contribution in [0, 0.1) is 0 Å². The predicted octanol–water partition coefficient (Wildman–Crippen LogP) is 1.16. The minimum absolute atomic E-state index is 0.214. The first kappa shape index (κ1) is 14.7. The summed E-state index contributed by atoms with van der Waals surface area (Å²) in [5.74, 6) is 0.535. The van der Waals surface area contributed by atoms with E-state index in [1.54, 1.807) is 19.2 Å². The second kappa shape index (κ2) is 7.84. The molecule has 0 aliphatic heterocycles. The molecule has 0 heterocycles. The third kappa shape index (κ3) is 5.29. The molecule has 0 bridgehead atoms. The van der Waals surface area contributed by atoms with E-state index in [2.05, 4.69) is 0 Å². The molecule has 6 heteroatoms. The van der Waals surface area contributed by atoms with Gasteiger partial charge in [-0.3, -0.25) is 4.21 Å². The van der Waals surface area contributed by atoms with E-state index in [1.807, 2.05) is 0 Å². The van der Waals surface area contributed by atoms with E-state index < -0.39 is 16.8 Å². The summed E-state index contributed by atoms with van der Waals surface area (Å²) in [4.78, 5) is 10.6. The molecule has 1 atom stereocenters. The van der Waals surface area contributed by atoms with Crippen LogP contribution in [0.4, 0.5) is 0 Å². The lowest BCUT2D eigenvalue weighted by molar-refractivity contribution is 0.0697. The van der Waals surface area contributed by atoms with Crippen LogP contribution in [0.15, 0.2) is 24.3 Å². The number of carboxylic acid groups (broad SMARTS) is 1. The third-order valence-electron chi connectivity index (χ3n) is 2.20. The fourth-order valence-corrected chi connectivity index (χ4v) is 2.05. The van der Waals surface area contributed by atoms with Crippen molar-refractivity contribution in [3.05, 3.63) is 29.8 Å². The Hall–Kier alpha value is -1.40. The van der Waals surface area contributed by atoms with Gasteiger partial charge in [-0.2, -0.15) is 0 Å². The van der Waals surface area contributed by atoms with E-state index in [-0.39, 0.29) is 5.56 Å². The van der Waals surface area contributed by atoms with Gasteiger partial charge in [0, 0.05) is 23.7 Å². The lowest BCUT2D eigenvalue weighted by Crippen LogP contribution is -2.13. The molecule has 0 aromatic heterocycles. The average Bonchev–Trinajstić information content (AvgIpc) is 2.37. The summed E-state index contributed by atoms with van der Waals surface area (Å²) in [7, 11) is 0.618. The molecule has 1 rings (SSSR count). The number of carboxylic acids is 1. The molecule has 0 radical (unpaired) electrons. The Kier molecular flexibility index (Phi) is 6.38. The van der Waals surface area contributed by atoms with Crippen molar-refractivity contribution in [2.24, 2.45) is 0 Å². The Morgan fingerprint density at radius 2 is 1.83 bits per heavy atom. The van der Waals surface area contributed by atoms with Gasteiger partial charge in [0.15, 0.2) is 0 Å². The number of benzene rings is 1. The van der Waals surface area contributed by atoms with Gasteiger partial charge in [0.1, 0.15) is 5.75 Å². The molecule has 100 valence electrons. The molecule has 0 aliphatic carbocycles. The molecule has 0 fully saturated rings. The summed E-state index contributed by atoms with van der Waals surface area (Å²) in [5.41, 5.74) is 0.214. The Morgan fingerprint density at radius 3 is 2.39 bits per heavy atom. The second-order valence-corrected chi connectivity index (χ2v) is 5.22. The molecular formula is C12H16O5S. The lowest BCUT2D eigenvalue weighted by atomic mass is 10.2. The van der Waals surface area contributed by atoms with Crippen molar-refractivity contribution >= 4 is 16.8 Å². The smallest absolute Gasteiger partial charge is 0.335 e. The molecule has 1 aromatic carbocycles. The Labute approximate surface area is 108 Å². The van der Waals surface area contributed by atoms with Gasteiger partial charge in [0.25, 0.3) is 0 Å². The van der Waals surface area contributed by atoms with Gasteiger partial charge in [0.2, 0.25) is 0 Å². The Balaban J connectivity index is 2.31. The van der Waals surface area contributed by atoms with Crippen LogP contribution >= 0.6 is 0 Å². The van der Waals surface area contributed by atoms with E-state index in [9.17, 15) is 9.00 Å². The second-order valence-electron chi connectivity index (χ2n) is 3.52. The Morgan fingerprint density at radius 1 is 1.22 bits per heavy atom. The third-order valence-corrected chi connectivity index (χ3v) is 3.44. The molecule has 0 amide bonds. The highest BCUT2D eigenvalue weighted by Gasteiger charge is 2.03. The number of hydrogen-bond acceptors (Lipinski definition) is 4. The van der Waals surface area contributed by atoms with Crippen LogP contribution in [0.25, 0.3) is 0 Å². The van der Waals surface area contributed by atoms with E-state index in [1.165, 1.54) is 12.1 Å². The minimum atomic E-state index is -0.970. The number of ether oxygens (including phenoxy) is 2. The van der Waals surface area contributed by atoms with E-state index in [4.69, 9.17) is 14.6 Å². The van der Waals surface area contributed by atoms with Crippen LogP contribution in [0.1, 0.15) is 10.4 Å². The van der Waals surface area contributed by atoms with Crippen LogP contribution in [-0.4, -0.2) is 47.1 Å². The maximum atomic E-state index is 11.4. The summed E-state index contributed by atoms with van der Waals surface area (Å²) in [6, 6.07) is 6.11. The minimum Gasteiger partial charge on any atom is -0.493 e. The van der Waals surface area contributed by atoms with Crippen molar-refractivity contribution in [2.45, 2.75) is 0 Å². The summed E-state index contributed by atoms with van der Waals surface area (Å²) in [6.45, 7) is 0.808. The van der Waals surface area contributed by atoms with Crippen molar-refractivity contribution in [1.29, 1.82) is 0 Å². The fraction of sp³-hybridized carbons (Fsp3) is 0.417. The summed E-state index contributed by atoms with van der Waals surface area (Å²) in [5, 5.41) is 8.71. The van der Waals surface area contributed by atoms with Crippen molar-refractivity contribution in [1.82, 2.24) is 0 Å². The van der Waals surface area contributed by atoms with Crippen LogP contribution in [0.5, 0.6) is 5.75 Å². The summed E-state index contributed by atoms with van der Waals surface area (Å²) in [6.07, 6.45) is 0. The van der Waals surface area contributed by atoms with Gasteiger partial charge >= 0.3 is 5.97 Å². The topological polar surface area (TPSA) is 72.8 Å². The fourth-order valence-electron chi connectivity index (χ4n) is 1.22. The SMILES string of the molecule is COCCS(=O)CCOc1ccc(C(=O)O)cc1. The zero-order valence-corrected chi connectivity index (χ0v) is 10.9. The van der Waals surface area contributed by atoms with Crippen molar-refractivity contribution < 1.29 is 23.6 Å². The van der Waals surface area contributed by atoms with Crippen LogP contribution < -0.4 is 4.74 Å². The number of hydrogen-bond donors (Lipinski definition) is 1. The normalized spacial score (nSPS) is 12.1. The van der Waals surface area contributed by atoms with Crippen molar-refractivity contribution in [3.8, 4) is 5.75 Å². The van der Waals surface area contributed by atoms with E-state index in [0.717, 1.165) is 0 Å². The highest BCUT2D eigenvalue weighted by molar-refractivity contribution is 7.85. The molecule has 5 nitrogen and oxygen atoms in total. The lowest BCUT2D eigenvalue weighted by Gasteiger charge is -2.06. The molecule has 18 heavy (non-hydrogen) atoms. The van der Waals surface area contributed by atoms with Crippen LogP contribution in [-0.2, 0) is 15.5 Å². The molecule has 1 unspecified atom stereocenters. The highest BCUT2D eigenvalue weighted by Crippen LogP contribution is 2.12. The molecule has 1 aromatic rings. The van der Waals surface area contributed by atoms with E-state index >= 15 is 0 Å². The first-order valence-electron chi connectivity index (χ1n) is 5.43. The summed E-state index contributed by atoms with van der Waals surface area (Å²) >= 11 is 0. The molecule has 0 aliphatic rings. The first-order chi connectivity index (χ1) is 8.63. The quantitative estimate of drug-likeness (QED) is 0.768.